The number of phenols is 1. The molecule has 2 heterocycles. The molecule has 40 heavy (non-hydrogen) atoms. The van der Waals surface area contributed by atoms with Crippen LogP contribution < -0.4 is 4.74 Å². The quantitative estimate of drug-likeness (QED) is 0.0479. The van der Waals surface area contributed by atoms with Crippen LogP contribution in [0.3, 0.4) is 0 Å². The topological polar surface area (TPSA) is 81.0 Å². The zero-order chi connectivity index (χ0) is 28.9. The number of phenolic OH excluding ortho intramolecular Hbond substituents is 1. The summed E-state index contributed by atoms with van der Waals surface area (Å²) in [6, 6.07) is 18.1. The van der Waals surface area contributed by atoms with Crippen LogP contribution in [0.15, 0.2) is 98.4 Å². The van der Waals surface area contributed by atoms with Crippen molar-refractivity contribution in [3.8, 4) is 34.0 Å². The van der Waals surface area contributed by atoms with Gasteiger partial charge in [-0.05, 0) is 72.4 Å². The normalized spacial score (nSPS) is 9.12. The van der Waals surface area contributed by atoms with Gasteiger partial charge < -0.3 is 32.4 Å². The van der Waals surface area contributed by atoms with Gasteiger partial charge in [-0.3, -0.25) is 4.93 Å². The third-order valence-electron chi connectivity index (χ3n) is 4.43. The van der Waals surface area contributed by atoms with Crippen LogP contribution in [0.1, 0.15) is 12.8 Å². The van der Waals surface area contributed by atoms with Crippen molar-refractivity contribution in [3.63, 3.8) is 0 Å². The first-order valence-corrected chi connectivity index (χ1v) is 14.9. The molecule has 1 radical (unpaired) electrons. The molecular weight excluding hydrogens is 765 g/mol. The average molecular weight is 794 g/mol. The van der Waals surface area contributed by atoms with Gasteiger partial charge in [-0.25, -0.2) is 19.9 Å². The summed E-state index contributed by atoms with van der Waals surface area (Å²) in [7, 11) is 0. The summed E-state index contributed by atoms with van der Waals surface area (Å²) in [6.45, 7) is 7.80. The largest absolute Gasteiger partial charge is 0.508 e. The van der Waals surface area contributed by atoms with Gasteiger partial charge in [0.15, 0.2) is 0 Å². The number of allylic oxidation sites excluding steroid dienone is 1. The third kappa shape index (κ3) is 15.7. The minimum atomic E-state index is 0. The molecule has 0 aliphatic carbocycles. The van der Waals surface area contributed by atoms with E-state index in [1.54, 1.807) is 36.7 Å². The molecule has 0 aliphatic rings. The van der Waals surface area contributed by atoms with Gasteiger partial charge in [0.05, 0.1) is 18.0 Å². The molecule has 0 aliphatic heterocycles. The molecular formula is C29H29BrCl2IN4O2V-. The van der Waals surface area contributed by atoms with Gasteiger partial charge in [-0.15, -0.1) is 13.2 Å². The SMILES string of the molecule is C=CCCBr.C=CCCOc1cccc(-c2ccnc(Cl)n2)c1.Oc1cccc(-c2ccnc(Cl)n2)c1.[CH2-]I.[V]. The van der Waals surface area contributed by atoms with Crippen LogP contribution >= 0.6 is 61.7 Å². The Morgan fingerprint density at radius 2 is 1.38 bits per heavy atom. The predicted molar refractivity (Wildman–Crippen MR) is 175 cm³/mol. The molecule has 0 bridgehead atoms. The van der Waals surface area contributed by atoms with Crippen LogP contribution in [0.4, 0.5) is 0 Å². The van der Waals surface area contributed by atoms with Crippen LogP contribution in [0, 0.1) is 4.93 Å². The van der Waals surface area contributed by atoms with Crippen molar-refractivity contribution in [1.82, 2.24) is 19.9 Å². The van der Waals surface area contributed by atoms with E-state index in [0.717, 1.165) is 40.7 Å². The molecule has 0 amide bonds. The number of aromatic nitrogens is 4. The summed E-state index contributed by atoms with van der Waals surface area (Å²) in [5.41, 5.74) is 3.25. The molecule has 2 aromatic carbocycles. The molecule has 11 heteroatoms. The average Bonchev–Trinajstić information content (AvgIpc) is 2.96. The molecule has 2 aromatic heterocycles. The molecule has 4 aromatic rings. The Kier molecular flexibility index (Phi) is 22.6. The summed E-state index contributed by atoms with van der Waals surface area (Å²) in [5, 5.41) is 10.7. The number of nitrogens with zero attached hydrogens (tertiary/aromatic N) is 4. The van der Waals surface area contributed by atoms with Gasteiger partial charge in [0.2, 0.25) is 10.6 Å². The number of hydrogen-bond donors (Lipinski definition) is 1. The second-order valence-electron chi connectivity index (χ2n) is 7.19. The van der Waals surface area contributed by atoms with Crippen LogP contribution in [-0.2, 0) is 18.6 Å². The number of benzene rings is 2. The van der Waals surface area contributed by atoms with Crippen molar-refractivity contribution in [3.05, 3.63) is 114 Å². The van der Waals surface area contributed by atoms with Gasteiger partial charge in [0.25, 0.3) is 0 Å². The Labute approximate surface area is 280 Å². The Hall–Kier alpha value is -1.95. The van der Waals surface area contributed by atoms with Crippen molar-refractivity contribution in [2.45, 2.75) is 12.8 Å². The summed E-state index contributed by atoms with van der Waals surface area (Å²) < 4.78 is 5.59. The van der Waals surface area contributed by atoms with E-state index >= 15 is 0 Å². The van der Waals surface area contributed by atoms with E-state index in [1.807, 2.05) is 71.1 Å². The van der Waals surface area contributed by atoms with Crippen molar-refractivity contribution < 1.29 is 28.4 Å². The van der Waals surface area contributed by atoms with E-state index in [1.165, 1.54) is 0 Å². The Bertz CT molecular complexity index is 1240. The zero-order valence-corrected chi connectivity index (χ0v) is 28.3. The number of hydrogen-bond acceptors (Lipinski definition) is 6. The van der Waals surface area contributed by atoms with Crippen molar-refractivity contribution >= 4 is 61.7 Å². The summed E-state index contributed by atoms with van der Waals surface area (Å²) in [4.78, 5) is 19.1. The van der Waals surface area contributed by atoms with Crippen LogP contribution in [0.2, 0.25) is 10.6 Å². The van der Waals surface area contributed by atoms with Gasteiger partial charge in [-0.1, -0.05) is 52.3 Å². The second kappa shape index (κ2) is 23.7. The number of halogens is 4. The summed E-state index contributed by atoms with van der Waals surface area (Å²) in [6.07, 6.45) is 8.82. The molecule has 0 saturated carbocycles. The summed E-state index contributed by atoms with van der Waals surface area (Å²) in [5.74, 6) is 1.02. The fraction of sp³-hybridized carbons (Fsp3) is 0.138. The van der Waals surface area contributed by atoms with Crippen LogP contribution in [0.5, 0.6) is 11.5 Å². The molecule has 0 unspecified atom stereocenters. The first-order valence-electron chi connectivity index (χ1n) is 11.5. The van der Waals surface area contributed by atoms with Gasteiger partial charge in [0.1, 0.15) is 11.5 Å². The standard InChI is InChI=1S/C14H13ClN2O.C10H7ClN2O.C4H7Br.CH2I.V/c1-2-3-9-18-12-6-4-5-11(10-12)13-7-8-16-14(15)17-13;11-10-12-5-4-9(13-10)7-2-1-3-8(14)6-7;1-2-3-4-5;1-2;/h2,4-8,10H,1,3,9H2;1-6,14H;2H,1,3-4H2;1H2;/q;;;-1;. The first kappa shape index (κ1) is 38.1. The maximum Gasteiger partial charge on any atom is 0.222 e. The predicted octanol–water partition coefficient (Wildman–Crippen LogP) is 9.42. The Morgan fingerprint density at radius 3 is 1.82 bits per heavy atom. The molecule has 1 N–H and O–H groups in total. The number of ether oxygens (including phenoxy) is 1. The van der Waals surface area contributed by atoms with E-state index in [-0.39, 0.29) is 34.9 Å². The van der Waals surface area contributed by atoms with E-state index in [4.69, 9.17) is 27.9 Å². The molecule has 0 fully saturated rings. The smallest absolute Gasteiger partial charge is 0.222 e. The van der Waals surface area contributed by atoms with E-state index in [9.17, 15) is 5.11 Å². The number of aromatic hydroxyl groups is 1. The maximum atomic E-state index is 9.27. The molecule has 211 valence electrons. The van der Waals surface area contributed by atoms with Crippen molar-refractivity contribution in [2.75, 3.05) is 11.9 Å². The summed E-state index contributed by atoms with van der Waals surface area (Å²) >= 11 is 16.6. The van der Waals surface area contributed by atoms with Crippen LogP contribution in [0.25, 0.3) is 22.5 Å². The van der Waals surface area contributed by atoms with Crippen LogP contribution in [-0.4, -0.2) is 37.0 Å². The van der Waals surface area contributed by atoms with Gasteiger partial charge in [0, 0.05) is 47.4 Å². The fourth-order valence-corrected chi connectivity index (χ4v) is 3.36. The van der Waals surface area contributed by atoms with Gasteiger partial charge in [-0.2, -0.15) is 0 Å². The molecule has 0 spiro atoms. The Balaban J connectivity index is 0.000000617. The van der Waals surface area contributed by atoms with E-state index < -0.39 is 0 Å². The number of rotatable bonds is 8. The first-order chi connectivity index (χ1) is 19.0. The molecule has 0 saturated heterocycles. The fourth-order valence-electron chi connectivity index (χ4n) is 2.74. The Morgan fingerprint density at radius 1 is 0.850 bits per heavy atom. The van der Waals surface area contributed by atoms with Crippen molar-refractivity contribution in [2.24, 2.45) is 0 Å². The monoisotopic (exact) mass is 792 g/mol. The zero-order valence-electron chi connectivity index (χ0n) is 21.6. The van der Waals surface area contributed by atoms with E-state index in [0.29, 0.717) is 12.3 Å². The van der Waals surface area contributed by atoms with Crippen molar-refractivity contribution in [1.29, 1.82) is 0 Å². The van der Waals surface area contributed by atoms with Gasteiger partial charge >= 0.3 is 0 Å². The second-order valence-corrected chi connectivity index (χ2v) is 8.66. The molecule has 4 rings (SSSR count). The molecule has 0 atom stereocenters. The number of alkyl halides is 1. The maximum absolute atomic E-state index is 9.27. The van der Waals surface area contributed by atoms with E-state index in [2.05, 4.69) is 54.0 Å². The third-order valence-corrected chi connectivity index (χ3v) is 5.25. The minimum Gasteiger partial charge on any atom is -0.508 e. The molecule has 6 nitrogen and oxygen atoms in total. The minimum absolute atomic E-state index is 0.